The number of hydrogen-bond acceptors (Lipinski definition) is 22. The van der Waals surface area contributed by atoms with Crippen molar-refractivity contribution in [3.8, 4) is 0 Å². The van der Waals surface area contributed by atoms with Crippen molar-refractivity contribution in [2.75, 3.05) is 0 Å². The number of carbonyl (C=O) groups is 20. The van der Waals surface area contributed by atoms with Crippen molar-refractivity contribution in [3.05, 3.63) is 77.3 Å². The standard InChI is InChI=1S/C70H68N8O22/c1-5-9-13-17-21-33(22-18-14-10-6-2)77(32-84)70(100)56(86)37-25-35-39-40-36(43(58(88)65(95)73-29-81)42(35)57(87)64(94)72-28-80)26-38(55(85)63(93)71-27-79)44(59(89)66(96)74-30-82)46(40)48-47-45(39)41(37)50(60(90)67(97)75-31-83)53-49(47)54(52-51(48)61(91)76-62(52)92)69(99)78(68(53)98)34(23-19-15-11-7-3)24-20-16-12-8-4/h25-34H,5-24H2,1-4H3,(H,71,79,93)(H,72,80,94)(H,73,81,95)(H,74,82,96)(H,75,83,97)(H,76,91,92). The van der Waals surface area contributed by atoms with Crippen molar-refractivity contribution >= 4 is 185 Å². The van der Waals surface area contributed by atoms with Crippen molar-refractivity contribution in [3.63, 3.8) is 0 Å². The number of benzene rings is 6. The van der Waals surface area contributed by atoms with Gasteiger partial charge in [0.05, 0.1) is 21.9 Å². The molecule has 0 spiro atoms. The predicted molar refractivity (Wildman–Crippen MR) is 355 cm³/mol. The zero-order chi connectivity index (χ0) is 73.1. The summed E-state index contributed by atoms with van der Waals surface area (Å²) in [4.78, 5) is 320. The Morgan fingerprint density at radius 3 is 1.19 bits per heavy atom. The minimum Gasteiger partial charge on any atom is -0.292 e. The Labute approximate surface area is 565 Å². The maximum atomic E-state index is 16.6. The molecule has 0 atom stereocenters. The molecule has 6 N–H and O–H groups in total. The minimum atomic E-state index is -2.10. The first-order valence-corrected chi connectivity index (χ1v) is 32.7. The van der Waals surface area contributed by atoms with Crippen LogP contribution in [0.25, 0.3) is 64.6 Å². The molecule has 0 fully saturated rings. The van der Waals surface area contributed by atoms with Gasteiger partial charge in [-0.1, -0.05) is 130 Å². The molecule has 0 radical (unpaired) electrons. The fourth-order valence-corrected chi connectivity index (χ4v) is 13.9. The van der Waals surface area contributed by atoms with E-state index in [4.69, 9.17) is 0 Å². The summed E-state index contributed by atoms with van der Waals surface area (Å²) in [6, 6.07) is -1.45. The highest BCUT2D eigenvalue weighted by Crippen LogP contribution is 2.55. The second-order valence-electron chi connectivity index (χ2n) is 24.2. The summed E-state index contributed by atoms with van der Waals surface area (Å²) in [5.74, 6) is -26.7. The Kier molecular flexibility index (Phi) is 23.8. The number of hydrogen-bond donors (Lipinski definition) is 6. The van der Waals surface area contributed by atoms with E-state index in [-0.39, 0.29) is 64.1 Å². The second-order valence-corrected chi connectivity index (χ2v) is 24.2. The molecule has 30 nitrogen and oxygen atoms in total. The van der Waals surface area contributed by atoms with Crippen molar-refractivity contribution in [1.82, 2.24) is 41.4 Å². The largest absolute Gasteiger partial charge is 0.301 e. The number of aromatic amines is 1. The molecule has 1 aliphatic rings. The second kappa shape index (κ2) is 32.1. The normalized spacial score (nSPS) is 12.0. The van der Waals surface area contributed by atoms with Crippen LogP contribution in [0.5, 0.6) is 0 Å². The van der Waals surface area contributed by atoms with Crippen LogP contribution in [0.15, 0.2) is 21.7 Å². The molecule has 0 bridgehead atoms. The average Bonchev–Trinajstić information content (AvgIpc) is 0.907. The molecule has 8 rings (SSSR count). The maximum absolute atomic E-state index is 16.6. The van der Waals surface area contributed by atoms with E-state index >= 15 is 47.9 Å². The number of imide groups is 7. The zero-order valence-corrected chi connectivity index (χ0v) is 54.8. The average molecular weight is 1370 g/mol. The van der Waals surface area contributed by atoms with E-state index in [0.717, 1.165) is 12.8 Å². The lowest BCUT2D eigenvalue weighted by Gasteiger charge is -2.36. The molecule has 1 aliphatic heterocycles. The fraction of sp³-hybridized carbons (Fsp3) is 0.371. The third kappa shape index (κ3) is 13.3. The van der Waals surface area contributed by atoms with Gasteiger partial charge in [-0.15, -0.1) is 0 Å². The number of ketones is 6. The molecule has 520 valence electrons. The van der Waals surface area contributed by atoms with Crippen LogP contribution in [0.2, 0.25) is 0 Å². The summed E-state index contributed by atoms with van der Waals surface area (Å²) in [5, 5.41) is -4.48. The molecule has 30 heteroatoms. The lowest BCUT2D eigenvalue weighted by atomic mass is 9.72. The lowest BCUT2D eigenvalue weighted by Crippen LogP contribution is -2.48. The molecular formula is C70H68N8O22. The minimum absolute atomic E-state index is 0.0208. The Balaban J connectivity index is 1.84. The van der Waals surface area contributed by atoms with Crippen molar-refractivity contribution in [2.45, 2.75) is 168 Å². The van der Waals surface area contributed by atoms with Gasteiger partial charge in [0.2, 0.25) is 38.5 Å². The number of nitrogens with one attached hydrogen (secondary N) is 6. The zero-order valence-electron chi connectivity index (χ0n) is 54.8. The van der Waals surface area contributed by atoms with Gasteiger partial charge in [0.1, 0.15) is 0 Å². The Morgan fingerprint density at radius 2 is 0.750 bits per heavy atom. The van der Waals surface area contributed by atoms with E-state index in [0.29, 0.717) is 112 Å². The smallest absolute Gasteiger partial charge is 0.292 e. The van der Waals surface area contributed by atoms with Gasteiger partial charge in [0.15, 0.2) is 0 Å². The fourth-order valence-electron chi connectivity index (χ4n) is 13.9. The van der Waals surface area contributed by atoms with Crippen LogP contribution in [0.4, 0.5) is 0 Å². The van der Waals surface area contributed by atoms with Gasteiger partial charge >= 0.3 is 5.91 Å². The number of fused-ring (bicyclic) bond motifs is 4. The highest BCUT2D eigenvalue weighted by molar-refractivity contribution is 6.63. The van der Waals surface area contributed by atoms with Crippen LogP contribution < -0.4 is 37.7 Å². The van der Waals surface area contributed by atoms with Crippen molar-refractivity contribution in [1.29, 1.82) is 0 Å². The number of Topliss-reactive ketones (excluding diaryl/α,β-unsaturated/α-hetero) is 6. The third-order valence-electron chi connectivity index (χ3n) is 18.2. The number of unbranched alkanes of at least 4 members (excludes halogenated alkanes) is 12. The molecule has 2 heterocycles. The monoisotopic (exact) mass is 1370 g/mol. The van der Waals surface area contributed by atoms with E-state index in [9.17, 15) is 57.5 Å². The van der Waals surface area contributed by atoms with Crippen LogP contribution in [-0.2, 0) is 57.5 Å². The Hall–Kier alpha value is -11.7. The van der Waals surface area contributed by atoms with Gasteiger partial charge in [0.25, 0.3) is 87.2 Å². The van der Waals surface area contributed by atoms with Gasteiger partial charge in [-0.3, -0.25) is 147 Å². The maximum Gasteiger partial charge on any atom is 0.301 e. The summed E-state index contributed by atoms with van der Waals surface area (Å²) in [7, 11) is 0. The molecular weight excluding hydrogens is 1300 g/mol. The van der Waals surface area contributed by atoms with Gasteiger partial charge < -0.3 is 0 Å². The first-order chi connectivity index (χ1) is 48.0. The molecule has 7 aromatic rings. The van der Waals surface area contributed by atoms with E-state index in [2.05, 4.69) is 0 Å². The van der Waals surface area contributed by atoms with E-state index in [1.54, 1.807) is 16.0 Å². The molecule has 0 saturated carbocycles. The topological polar surface area (TPSA) is 458 Å². The summed E-state index contributed by atoms with van der Waals surface area (Å²) in [6.07, 6.45) is 7.84. The molecule has 1 aromatic heterocycles. The number of amides is 14. The van der Waals surface area contributed by atoms with Crippen LogP contribution in [0.3, 0.4) is 0 Å². The van der Waals surface area contributed by atoms with Crippen molar-refractivity contribution < 1.29 is 95.9 Å². The van der Waals surface area contributed by atoms with Gasteiger partial charge in [0, 0.05) is 77.8 Å². The first kappa shape index (κ1) is 74.1. The van der Waals surface area contributed by atoms with Gasteiger partial charge in [-0.2, -0.15) is 0 Å². The van der Waals surface area contributed by atoms with E-state index in [1.807, 2.05) is 32.7 Å². The SMILES string of the molecule is CCCCCCC(CCCCCC)N(C=O)C(=O)C(=O)c1cc2c(C(=O)C(=O)NC=O)c(C(=O)C(=O)NC=O)c3cc(C(=O)C(=O)NC=O)c(C(=O)C(=O)NC=O)c4c3c2c2c1c(C(=O)C(=O)NC=O)c1c3c(c5c(=O)[nH]c(=O)c5c4c32)C(=O)N(C(CCCCCC)CCCCCC)C1=O. The Morgan fingerprint density at radius 1 is 0.380 bits per heavy atom. The summed E-state index contributed by atoms with van der Waals surface area (Å²) >= 11 is 0. The first-order valence-electron chi connectivity index (χ1n) is 32.7. The number of nitrogens with zero attached hydrogens (tertiary/aromatic N) is 2. The quantitative estimate of drug-likeness (QED) is 0.00580. The predicted octanol–water partition coefficient (Wildman–Crippen LogP) is 4.63. The summed E-state index contributed by atoms with van der Waals surface area (Å²) in [6.45, 7) is 7.66. The van der Waals surface area contributed by atoms with Crippen LogP contribution in [0.1, 0.15) is 239 Å². The van der Waals surface area contributed by atoms with Gasteiger partial charge in [-0.25, -0.2) is 0 Å². The van der Waals surface area contributed by atoms with Crippen LogP contribution in [-0.4, -0.2) is 147 Å². The summed E-state index contributed by atoms with van der Waals surface area (Å²) in [5.41, 5.74) is -13.6. The Bertz CT molecular complexity index is 4790. The molecule has 0 saturated heterocycles. The van der Waals surface area contributed by atoms with E-state index in [1.165, 1.54) is 10.6 Å². The number of carbonyl (C=O) groups excluding carboxylic acids is 20. The molecule has 14 amide bonds. The van der Waals surface area contributed by atoms with Crippen LogP contribution in [0, 0.1) is 0 Å². The highest BCUT2D eigenvalue weighted by atomic mass is 16.2. The van der Waals surface area contributed by atoms with Crippen molar-refractivity contribution in [2.24, 2.45) is 0 Å². The molecule has 0 aliphatic carbocycles. The lowest BCUT2D eigenvalue weighted by molar-refractivity contribution is -0.138. The molecule has 100 heavy (non-hydrogen) atoms. The number of aromatic nitrogens is 1. The third-order valence-corrected chi connectivity index (χ3v) is 18.2. The number of rotatable bonds is 40. The summed E-state index contributed by atoms with van der Waals surface area (Å²) < 4.78 is 0. The molecule has 6 aromatic carbocycles. The molecule has 0 unspecified atom stereocenters. The van der Waals surface area contributed by atoms with E-state index < -0.39 is 214 Å². The van der Waals surface area contributed by atoms with Crippen LogP contribution >= 0.6 is 0 Å². The highest BCUT2D eigenvalue weighted by Gasteiger charge is 2.48. The van der Waals surface area contributed by atoms with Gasteiger partial charge in [-0.05, 0) is 59.4 Å². The number of H-pyrrole nitrogens is 1.